The zero-order valence-corrected chi connectivity index (χ0v) is 16.8. The van der Waals surface area contributed by atoms with Crippen LogP contribution < -0.4 is 10.6 Å². The number of ether oxygens (including phenoxy) is 2. The molecular formula is C19H28Cl2N2O3. The Morgan fingerprint density at radius 1 is 1.27 bits per heavy atom. The molecule has 1 aromatic carbocycles. The lowest BCUT2D eigenvalue weighted by molar-refractivity contribution is -0.147. The van der Waals surface area contributed by atoms with E-state index in [1.54, 1.807) is 7.11 Å². The Kier molecular flexibility index (Phi) is 7.74. The van der Waals surface area contributed by atoms with E-state index in [1.807, 2.05) is 18.2 Å². The average Bonchev–Trinajstić information content (AvgIpc) is 2.67. The van der Waals surface area contributed by atoms with Gasteiger partial charge in [0.2, 0.25) is 0 Å². The largest absolute Gasteiger partial charge is 0.381 e. The van der Waals surface area contributed by atoms with Gasteiger partial charge in [0, 0.05) is 37.3 Å². The zero-order valence-electron chi connectivity index (χ0n) is 15.2. The summed E-state index contributed by atoms with van der Waals surface area (Å²) in [6, 6.07) is 7.96. The number of methoxy groups -OCH3 is 1. The summed E-state index contributed by atoms with van der Waals surface area (Å²) in [5.74, 6) is -0.00982. The lowest BCUT2D eigenvalue weighted by Gasteiger charge is -2.40. The molecule has 0 atom stereocenters. The molecule has 2 aliphatic rings. The topological polar surface area (TPSA) is 59.6 Å². The summed E-state index contributed by atoms with van der Waals surface area (Å²) in [5.41, 5.74) is 0.312. The second kappa shape index (κ2) is 9.38. The lowest BCUT2D eigenvalue weighted by Crippen LogP contribution is -2.56. The molecule has 0 spiro atoms. The molecule has 5 nitrogen and oxygen atoms in total. The number of halogens is 2. The van der Waals surface area contributed by atoms with Crippen molar-refractivity contribution in [2.24, 2.45) is 0 Å². The van der Waals surface area contributed by atoms with Gasteiger partial charge in [-0.3, -0.25) is 4.79 Å². The van der Waals surface area contributed by atoms with Crippen molar-refractivity contribution in [3.63, 3.8) is 0 Å². The first-order chi connectivity index (χ1) is 12.1. The third-order valence-electron chi connectivity index (χ3n) is 5.69. The van der Waals surface area contributed by atoms with E-state index in [-0.39, 0.29) is 23.7 Å². The normalized spacial score (nSPS) is 21.5. The maximum atomic E-state index is 12.9. The molecule has 0 saturated carbocycles. The molecule has 0 aromatic heterocycles. The highest BCUT2D eigenvalue weighted by atomic mass is 35.5. The second-order valence-electron chi connectivity index (χ2n) is 7.03. The highest BCUT2D eigenvalue weighted by Crippen LogP contribution is 2.36. The summed E-state index contributed by atoms with van der Waals surface area (Å²) in [6.45, 7) is 3.57. The minimum absolute atomic E-state index is 0. The molecule has 26 heavy (non-hydrogen) atoms. The Labute approximate surface area is 166 Å². The predicted octanol–water partition coefficient (Wildman–Crippen LogP) is 2.69. The first-order valence-electron chi connectivity index (χ1n) is 8.98. The van der Waals surface area contributed by atoms with E-state index in [4.69, 9.17) is 21.1 Å². The average molecular weight is 403 g/mol. The first kappa shape index (κ1) is 21.5. The van der Waals surface area contributed by atoms with Crippen LogP contribution in [0.25, 0.3) is 0 Å². The Hall–Kier alpha value is -0.850. The van der Waals surface area contributed by atoms with Crippen molar-refractivity contribution in [1.82, 2.24) is 10.6 Å². The van der Waals surface area contributed by atoms with Gasteiger partial charge in [0.15, 0.2) is 0 Å². The van der Waals surface area contributed by atoms with Gasteiger partial charge in [-0.25, -0.2) is 0 Å². The molecule has 1 amide bonds. The van der Waals surface area contributed by atoms with Crippen molar-refractivity contribution in [2.45, 2.75) is 36.7 Å². The maximum absolute atomic E-state index is 12.9. The molecule has 0 bridgehead atoms. The molecule has 0 radical (unpaired) electrons. The molecule has 2 fully saturated rings. The molecule has 0 aliphatic carbocycles. The number of hydrogen-bond acceptors (Lipinski definition) is 4. The zero-order chi connectivity index (χ0) is 17.8. The van der Waals surface area contributed by atoms with Crippen LogP contribution in [0.4, 0.5) is 0 Å². The summed E-state index contributed by atoms with van der Waals surface area (Å²) >= 11 is 6.21. The fourth-order valence-corrected chi connectivity index (χ4v) is 4.10. The van der Waals surface area contributed by atoms with Gasteiger partial charge in [0.1, 0.15) is 5.60 Å². The van der Waals surface area contributed by atoms with Crippen LogP contribution in [0, 0.1) is 0 Å². The van der Waals surface area contributed by atoms with Crippen molar-refractivity contribution < 1.29 is 14.3 Å². The second-order valence-corrected chi connectivity index (χ2v) is 7.47. The van der Waals surface area contributed by atoms with Crippen LogP contribution in [0.1, 0.15) is 31.2 Å². The minimum Gasteiger partial charge on any atom is -0.381 e. The number of rotatable bonds is 5. The van der Waals surface area contributed by atoms with Gasteiger partial charge in [-0.1, -0.05) is 23.7 Å². The van der Waals surface area contributed by atoms with E-state index in [1.165, 1.54) is 5.56 Å². The molecule has 2 N–H and O–H groups in total. The predicted molar refractivity (Wildman–Crippen MR) is 105 cm³/mol. The van der Waals surface area contributed by atoms with Gasteiger partial charge in [-0.05, 0) is 56.5 Å². The van der Waals surface area contributed by atoms with Crippen LogP contribution >= 0.6 is 24.0 Å². The van der Waals surface area contributed by atoms with Gasteiger partial charge >= 0.3 is 0 Å². The third kappa shape index (κ3) is 4.52. The molecule has 2 saturated heterocycles. The van der Waals surface area contributed by atoms with Crippen LogP contribution in [-0.4, -0.2) is 51.5 Å². The van der Waals surface area contributed by atoms with E-state index in [0.29, 0.717) is 32.6 Å². The lowest BCUT2D eigenvalue weighted by atomic mass is 9.74. The summed E-state index contributed by atoms with van der Waals surface area (Å²) in [7, 11) is 1.63. The van der Waals surface area contributed by atoms with Crippen LogP contribution in [0.15, 0.2) is 24.3 Å². The summed E-state index contributed by atoms with van der Waals surface area (Å²) < 4.78 is 11.2. The molecular weight excluding hydrogens is 375 g/mol. The van der Waals surface area contributed by atoms with Crippen molar-refractivity contribution in [1.29, 1.82) is 0 Å². The van der Waals surface area contributed by atoms with Crippen LogP contribution in [0.2, 0.25) is 5.02 Å². The highest BCUT2D eigenvalue weighted by Gasteiger charge is 2.42. The van der Waals surface area contributed by atoms with Gasteiger partial charge in [-0.15, -0.1) is 12.4 Å². The number of benzene rings is 1. The molecule has 1 aromatic rings. The molecule has 2 aliphatic heterocycles. The van der Waals surface area contributed by atoms with Gasteiger partial charge < -0.3 is 20.1 Å². The number of hydrogen-bond donors (Lipinski definition) is 2. The van der Waals surface area contributed by atoms with Crippen molar-refractivity contribution >= 4 is 29.9 Å². The molecule has 7 heteroatoms. The van der Waals surface area contributed by atoms with Gasteiger partial charge in [0.25, 0.3) is 5.91 Å². The van der Waals surface area contributed by atoms with E-state index in [9.17, 15) is 4.79 Å². The first-order valence-corrected chi connectivity index (χ1v) is 9.36. The van der Waals surface area contributed by atoms with Crippen molar-refractivity contribution in [3.8, 4) is 0 Å². The quantitative estimate of drug-likeness (QED) is 0.794. The number of nitrogens with one attached hydrogen (secondary N) is 2. The van der Waals surface area contributed by atoms with Crippen LogP contribution in [-0.2, 0) is 19.7 Å². The van der Waals surface area contributed by atoms with Crippen molar-refractivity contribution in [3.05, 3.63) is 34.9 Å². The smallest absolute Gasteiger partial charge is 0.252 e. The molecule has 0 unspecified atom stereocenters. The number of carbonyl (C=O) groups excluding carboxylic acids is 1. The van der Waals surface area contributed by atoms with Crippen LogP contribution in [0.5, 0.6) is 0 Å². The van der Waals surface area contributed by atoms with Gasteiger partial charge in [-0.2, -0.15) is 0 Å². The minimum atomic E-state index is -0.716. The number of carbonyl (C=O) groups is 1. The number of piperidine rings is 1. The maximum Gasteiger partial charge on any atom is 0.252 e. The van der Waals surface area contributed by atoms with Crippen LogP contribution in [0.3, 0.4) is 0 Å². The Balaban J connectivity index is 0.00000243. The SMILES string of the molecule is COC1(C(=O)NCC2(c3cccc(Cl)c3)CCOCC2)CCNCC1.Cl. The van der Waals surface area contributed by atoms with E-state index in [2.05, 4.69) is 16.7 Å². The molecule has 2 heterocycles. The fourth-order valence-electron chi connectivity index (χ4n) is 3.91. The van der Waals surface area contributed by atoms with E-state index in [0.717, 1.165) is 31.0 Å². The Bertz CT molecular complexity index is 600. The number of amides is 1. The van der Waals surface area contributed by atoms with Gasteiger partial charge in [0.05, 0.1) is 0 Å². The van der Waals surface area contributed by atoms with Crippen molar-refractivity contribution in [2.75, 3.05) is 40.0 Å². The summed E-state index contributed by atoms with van der Waals surface area (Å²) in [4.78, 5) is 12.9. The van der Waals surface area contributed by atoms with E-state index < -0.39 is 5.60 Å². The highest BCUT2D eigenvalue weighted by molar-refractivity contribution is 6.30. The van der Waals surface area contributed by atoms with E-state index >= 15 is 0 Å². The summed E-state index contributed by atoms with van der Waals surface area (Å²) in [6.07, 6.45) is 3.13. The summed E-state index contributed by atoms with van der Waals surface area (Å²) in [5, 5.41) is 7.19. The molecule has 146 valence electrons. The fraction of sp³-hybridized carbons (Fsp3) is 0.632. The Morgan fingerprint density at radius 2 is 1.96 bits per heavy atom. The Morgan fingerprint density at radius 3 is 2.58 bits per heavy atom. The monoisotopic (exact) mass is 402 g/mol. The molecule has 3 rings (SSSR count). The standard InChI is InChI=1S/C19H27ClN2O3.ClH/c1-24-19(5-9-21-10-6-19)17(23)22-14-18(7-11-25-12-8-18)15-3-2-4-16(20)13-15;/h2-4,13,21H,5-12,14H2,1H3,(H,22,23);1H. The third-order valence-corrected chi connectivity index (χ3v) is 5.93.